The van der Waals surface area contributed by atoms with E-state index in [1.54, 1.807) is 0 Å². The van der Waals surface area contributed by atoms with Crippen molar-refractivity contribution in [1.29, 1.82) is 0 Å². The molecule has 0 aromatic heterocycles. The standard InChI is InChI=1S/C58H108NO8P/c1-6-8-10-12-14-16-18-20-22-24-26-27-28-29-30-31-33-35-37-39-41-43-45-47-49-51-58(61)67-56(55-66-68(62,63)65-53-52-59(3,4)5)54-64-57(60)50-48-46-44-42-40-38-36-34-32-25-23-21-19-17-15-13-11-9-7-2/h8,10,14,16,20,22,26-27,56H,6-7,9,11-13,15,17-19,21,23-25,28-55H2,1-5H3/p+1/b10-8-,16-14-,22-20-,27-26-. The Labute approximate surface area is 420 Å². The fourth-order valence-corrected chi connectivity index (χ4v) is 8.75. The minimum Gasteiger partial charge on any atom is -0.462 e. The Morgan fingerprint density at radius 3 is 1.25 bits per heavy atom. The smallest absolute Gasteiger partial charge is 0.462 e. The van der Waals surface area contributed by atoms with Crippen molar-refractivity contribution in [2.24, 2.45) is 0 Å². The minimum atomic E-state index is -4.38. The second-order valence-electron chi connectivity index (χ2n) is 20.3. The predicted octanol–water partition coefficient (Wildman–Crippen LogP) is 17.4. The predicted molar refractivity (Wildman–Crippen MR) is 289 cm³/mol. The van der Waals surface area contributed by atoms with Crippen LogP contribution in [-0.2, 0) is 32.7 Å². The SMILES string of the molecule is CC/C=C\C/C=C\C/C=C\C/C=C\CCCCCCCCCCCCCCC(=O)OC(COC(=O)CCCCCCCCCCCCCCCCCCCCC)COP(=O)(O)OCC[N+](C)(C)C. The van der Waals surface area contributed by atoms with E-state index in [1.165, 1.54) is 161 Å². The number of quaternary nitrogens is 1. The lowest BCUT2D eigenvalue weighted by atomic mass is 10.0. The monoisotopic (exact) mass is 979 g/mol. The fraction of sp³-hybridized carbons (Fsp3) is 0.828. The zero-order valence-electron chi connectivity index (χ0n) is 45.1. The number of carbonyl (C=O) groups is 2. The van der Waals surface area contributed by atoms with E-state index >= 15 is 0 Å². The first kappa shape index (κ1) is 66.0. The zero-order valence-corrected chi connectivity index (χ0v) is 46.0. The molecule has 0 aliphatic heterocycles. The molecule has 10 heteroatoms. The van der Waals surface area contributed by atoms with Crippen LogP contribution in [0.2, 0.25) is 0 Å². The molecule has 0 aromatic rings. The van der Waals surface area contributed by atoms with E-state index in [9.17, 15) is 19.0 Å². The molecule has 2 unspecified atom stereocenters. The summed E-state index contributed by atoms with van der Waals surface area (Å²) < 4.78 is 34.6. The van der Waals surface area contributed by atoms with Crippen molar-refractivity contribution < 1.29 is 42.1 Å². The van der Waals surface area contributed by atoms with Gasteiger partial charge in [0.15, 0.2) is 6.10 Å². The number of esters is 2. The Morgan fingerprint density at radius 1 is 0.471 bits per heavy atom. The highest BCUT2D eigenvalue weighted by Crippen LogP contribution is 2.43. The van der Waals surface area contributed by atoms with Crippen LogP contribution in [0.1, 0.15) is 258 Å². The van der Waals surface area contributed by atoms with Gasteiger partial charge in [0, 0.05) is 12.8 Å². The lowest BCUT2D eigenvalue weighted by Crippen LogP contribution is -2.37. The van der Waals surface area contributed by atoms with Crippen LogP contribution < -0.4 is 0 Å². The normalized spacial score (nSPS) is 13.7. The summed E-state index contributed by atoms with van der Waals surface area (Å²) in [6, 6.07) is 0. The summed E-state index contributed by atoms with van der Waals surface area (Å²) in [4.78, 5) is 35.7. The van der Waals surface area contributed by atoms with Gasteiger partial charge in [0.1, 0.15) is 19.8 Å². The Bertz CT molecular complexity index is 1290. The third-order valence-electron chi connectivity index (χ3n) is 12.4. The molecular formula is C58H109NO8P+. The van der Waals surface area contributed by atoms with E-state index in [4.69, 9.17) is 18.5 Å². The van der Waals surface area contributed by atoms with Crippen LogP contribution in [0.4, 0.5) is 0 Å². The molecule has 0 amide bonds. The number of phosphoric ester groups is 1. The summed E-state index contributed by atoms with van der Waals surface area (Å²) in [5.74, 6) is -0.788. The second kappa shape index (κ2) is 49.9. The van der Waals surface area contributed by atoms with Gasteiger partial charge in [-0.25, -0.2) is 4.57 Å². The number of allylic oxidation sites excluding steroid dienone is 8. The fourth-order valence-electron chi connectivity index (χ4n) is 8.01. The molecule has 0 spiro atoms. The van der Waals surface area contributed by atoms with Gasteiger partial charge in [-0.05, 0) is 51.4 Å². The van der Waals surface area contributed by atoms with Crippen molar-refractivity contribution in [3.63, 3.8) is 0 Å². The molecule has 0 bridgehead atoms. The number of unbranched alkanes of at least 4 members (excludes halogenated alkanes) is 30. The van der Waals surface area contributed by atoms with Crippen molar-refractivity contribution in [2.75, 3.05) is 47.5 Å². The van der Waals surface area contributed by atoms with Gasteiger partial charge < -0.3 is 18.9 Å². The van der Waals surface area contributed by atoms with E-state index in [1.807, 2.05) is 21.1 Å². The van der Waals surface area contributed by atoms with E-state index in [0.717, 1.165) is 64.2 Å². The van der Waals surface area contributed by atoms with Crippen LogP contribution >= 0.6 is 7.82 Å². The Morgan fingerprint density at radius 2 is 0.838 bits per heavy atom. The molecule has 0 aliphatic rings. The molecular weight excluding hydrogens is 870 g/mol. The number of rotatable bonds is 52. The molecule has 0 radical (unpaired) electrons. The molecule has 0 saturated carbocycles. The highest BCUT2D eigenvalue weighted by molar-refractivity contribution is 7.47. The molecule has 68 heavy (non-hydrogen) atoms. The first-order valence-corrected chi connectivity index (χ1v) is 29.9. The van der Waals surface area contributed by atoms with Crippen molar-refractivity contribution in [3.05, 3.63) is 48.6 Å². The number of nitrogens with zero attached hydrogens (tertiary/aromatic N) is 1. The van der Waals surface area contributed by atoms with E-state index in [-0.39, 0.29) is 25.6 Å². The van der Waals surface area contributed by atoms with Crippen LogP contribution in [0.25, 0.3) is 0 Å². The maximum absolute atomic E-state index is 12.8. The Balaban J connectivity index is 4.16. The van der Waals surface area contributed by atoms with Gasteiger partial charge in [-0.2, -0.15) is 0 Å². The van der Waals surface area contributed by atoms with Crippen LogP contribution in [0, 0.1) is 0 Å². The van der Waals surface area contributed by atoms with Gasteiger partial charge >= 0.3 is 19.8 Å². The van der Waals surface area contributed by atoms with Crippen molar-refractivity contribution in [1.82, 2.24) is 0 Å². The topological polar surface area (TPSA) is 108 Å². The summed E-state index contributed by atoms with van der Waals surface area (Å²) >= 11 is 0. The number of phosphoric acid groups is 1. The Kier molecular flexibility index (Phi) is 48.4. The molecule has 9 nitrogen and oxygen atoms in total. The largest absolute Gasteiger partial charge is 0.472 e. The zero-order chi connectivity index (χ0) is 49.9. The molecule has 0 rings (SSSR count). The summed E-state index contributed by atoms with van der Waals surface area (Å²) in [6.07, 6.45) is 61.7. The molecule has 0 aromatic carbocycles. The van der Waals surface area contributed by atoms with Gasteiger partial charge in [-0.15, -0.1) is 0 Å². The molecule has 0 aliphatic carbocycles. The van der Waals surface area contributed by atoms with Gasteiger partial charge in [0.05, 0.1) is 27.7 Å². The number of ether oxygens (including phenoxy) is 2. The maximum atomic E-state index is 12.8. The average molecular weight is 979 g/mol. The number of hydrogen-bond donors (Lipinski definition) is 1. The third kappa shape index (κ3) is 53.3. The van der Waals surface area contributed by atoms with Crippen LogP contribution in [0.3, 0.4) is 0 Å². The molecule has 0 saturated heterocycles. The van der Waals surface area contributed by atoms with E-state index in [0.29, 0.717) is 23.9 Å². The first-order chi connectivity index (χ1) is 33.0. The highest BCUT2D eigenvalue weighted by atomic mass is 31.2. The minimum absolute atomic E-state index is 0.0321. The summed E-state index contributed by atoms with van der Waals surface area (Å²) in [6.45, 7) is 4.36. The van der Waals surface area contributed by atoms with Crippen molar-refractivity contribution in [2.45, 2.75) is 264 Å². The lowest BCUT2D eigenvalue weighted by molar-refractivity contribution is -0.870. The number of likely N-dealkylation sites (N-methyl/N-ethyl adjacent to an activating group) is 1. The van der Waals surface area contributed by atoms with Crippen LogP contribution in [0.15, 0.2) is 48.6 Å². The molecule has 2 atom stereocenters. The molecule has 1 N–H and O–H groups in total. The highest BCUT2D eigenvalue weighted by Gasteiger charge is 2.27. The summed E-state index contributed by atoms with van der Waals surface area (Å²) in [5, 5.41) is 0. The molecule has 0 fully saturated rings. The summed E-state index contributed by atoms with van der Waals surface area (Å²) in [7, 11) is 1.48. The van der Waals surface area contributed by atoms with E-state index < -0.39 is 26.5 Å². The average Bonchev–Trinajstić information content (AvgIpc) is 3.30. The van der Waals surface area contributed by atoms with Crippen LogP contribution in [-0.4, -0.2) is 74.9 Å². The number of hydrogen-bond acceptors (Lipinski definition) is 7. The van der Waals surface area contributed by atoms with Gasteiger partial charge in [0.2, 0.25) is 0 Å². The lowest BCUT2D eigenvalue weighted by Gasteiger charge is -2.24. The van der Waals surface area contributed by atoms with Gasteiger partial charge in [-0.3, -0.25) is 18.6 Å². The third-order valence-corrected chi connectivity index (χ3v) is 13.4. The first-order valence-electron chi connectivity index (χ1n) is 28.4. The van der Waals surface area contributed by atoms with Crippen LogP contribution in [0.5, 0.6) is 0 Å². The maximum Gasteiger partial charge on any atom is 0.472 e. The summed E-state index contributed by atoms with van der Waals surface area (Å²) in [5.41, 5.74) is 0. The molecule has 0 heterocycles. The second-order valence-corrected chi connectivity index (χ2v) is 21.8. The number of carbonyl (C=O) groups excluding carboxylic acids is 2. The van der Waals surface area contributed by atoms with E-state index in [2.05, 4.69) is 62.5 Å². The van der Waals surface area contributed by atoms with Gasteiger partial charge in [0.25, 0.3) is 0 Å². The molecule has 398 valence electrons. The van der Waals surface area contributed by atoms with Crippen molar-refractivity contribution in [3.8, 4) is 0 Å². The quantitative estimate of drug-likeness (QED) is 0.0211. The van der Waals surface area contributed by atoms with Crippen molar-refractivity contribution >= 4 is 19.8 Å². The Hall–Kier alpha value is -2.03. The van der Waals surface area contributed by atoms with Gasteiger partial charge in [-0.1, -0.05) is 242 Å².